The van der Waals surface area contributed by atoms with Gasteiger partial charge in [-0.15, -0.1) is 0 Å². The minimum atomic E-state index is -0.497. The molecule has 0 aliphatic rings. The molecule has 0 saturated carbocycles. The molecule has 0 spiro atoms. The standard InChI is InChI=1S/C14H15N3O3/c1-8(18)16-10-5-3-4-9(6-10)12-7-11(13(15)17-12)14(19)20-2/h3-7,17H,15H2,1-2H3,(H,16,18). The molecule has 0 atom stereocenters. The van der Waals surface area contributed by atoms with Crippen molar-refractivity contribution in [1.82, 2.24) is 4.98 Å². The van der Waals surface area contributed by atoms with E-state index < -0.39 is 5.97 Å². The van der Waals surface area contributed by atoms with E-state index >= 15 is 0 Å². The van der Waals surface area contributed by atoms with E-state index in [4.69, 9.17) is 5.73 Å². The zero-order chi connectivity index (χ0) is 14.7. The van der Waals surface area contributed by atoms with Gasteiger partial charge in [0.05, 0.1) is 7.11 Å². The molecule has 0 unspecified atom stereocenters. The molecule has 4 N–H and O–H groups in total. The molecule has 20 heavy (non-hydrogen) atoms. The molecule has 0 bridgehead atoms. The van der Waals surface area contributed by atoms with Gasteiger partial charge in [-0.1, -0.05) is 12.1 Å². The molecule has 2 rings (SSSR count). The molecule has 1 aromatic heterocycles. The fourth-order valence-corrected chi connectivity index (χ4v) is 1.87. The molecular weight excluding hydrogens is 258 g/mol. The summed E-state index contributed by atoms with van der Waals surface area (Å²) in [5.74, 6) is -0.400. The Hall–Kier alpha value is -2.76. The Morgan fingerprint density at radius 2 is 2.05 bits per heavy atom. The van der Waals surface area contributed by atoms with Crippen LogP contribution in [0.4, 0.5) is 11.5 Å². The van der Waals surface area contributed by atoms with Gasteiger partial charge in [0.1, 0.15) is 11.4 Å². The summed E-state index contributed by atoms with van der Waals surface area (Å²) in [4.78, 5) is 25.5. The quantitative estimate of drug-likeness (QED) is 0.745. The Morgan fingerprint density at radius 1 is 1.30 bits per heavy atom. The number of anilines is 2. The van der Waals surface area contributed by atoms with Crippen molar-refractivity contribution >= 4 is 23.4 Å². The molecule has 0 fully saturated rings. The van der Waals surface area contributed by atoms with Crippen molar-refractivity contribution in [2.75, 3.05) is 18.2 Å². The summed E-state index contributed by atoms with van der Waals surface area (Å²) in [5, 5.41) is 2.69. The van der Waals surface area contributed by atoms with Crippen LogP contribution in [-0.2, 0) is 9.53 Å². The van der Waals surface area contributed by atoms with Crippen LogP contribution in [0.3, 0.4) is 0 Å². The van der Waals surface area contributed by atoms with Gasteiger partial charge in [0.25, 0.3) is 0 Å². The van der Waals surface area contributed by atoms with Crippen molar-refractivity contribution in [3.63, 3.8) is 0 Å². The van der Waals surface area contributed by atoms with Gasteiger partial charge in [0.2, 0.25) is 5.91 Å². The first-order valence-corrected chi connectivity index (χ1v) is 5.96. The topological polar surface area (TPSA) is 97.2 Å². The molecule has 0 radical (unpaired) electrons. The molecule has 104 valence electrons. The highest BCUT2D eigenvalue weighted by atomic mass is 16.5. The molecular formula is C14H15N3O3. The minimum absolute atomic E-state index is 0.150. The SMILES string of the molecule is COC(=O)c1cc(-c2cccc(NC(C)=O)c2)[nH]c1N. The van der Waals surface area contributed by atoms with Crippen LogP contribution in [-0.4, -0.2) is 24.0 Å². The summed E-state index contributed by atoms with van der Waals surface area (Å²) in [6.45, 7) is 1.44. The van der Waals surface area contributed by atoms with E-state index in [1.54, 1.807) is 24.3 Å². The fourth-order valence-electron chi connectivity index (χ4n) is 1.87. The second-order valence-electron chi connectivity index (χ2n) is 4.26. The van der Waals surface area contributed by atoms with Crippen LogP contribution in [0.5, 0.6) is 0 Å². The Labute approximate surface area is 115 Å². The Morgan fingerprint density at radius 3 is 2.70 bits per heavy atom. The lowest BCUT2D eigenvalue weighted by atomic mass is 10.1. The van der Waals surface area contributed by atoms with Crippen LogP contribution in [0.2, 0.25) is 0 Å². The second kappa shape index (κ2) is 5.48. The second-order valence-corrected chi connectivity index (χ2v) is 4.26. The number of nitrogen functional groups attached to an aromatic ring is 1. The molecule has 0 aliphatic heterocycles. The van der Waals surface area contributed by atoms with Crippen molar-refractivity contribution in [3.05, 3.63) is 35.9 Å². The lowest BCUT2D eigenvalue weighted by Gasteiger charge is -2.04. The van der Waals surface area contributed by atoms with Crippen LogP contribution >= 0.6 is 0 Å². The Kier molecular flexibility index (Phi) is 3.74. The number of methoxy groups -OCH3 is 1. The fraction of sp³-hybridized carbons (Fsp3) is 0.143. The van der Waals surface area contributed by atoms with E-state index in [0.717, 1.165) is 5.56 Å². The van der Waals surface area contributed by atoms with Gasteiger partial charge >= 0.3 is 5.97 Å². The lowest BCUT2D eigenvalue weighted by molar-refractivity contribution is -0.114. The molecule has 1 heterocycles. The first kappa shape index (κ1) is 13.7. The first-order valence-electron chi connectivity index (χ1n) is 5.96. The van der Waals surface area contributed by atoms with E-state index in [1.165, 1.54) is 14.0 Å². The van der Waals surface area contributed by atoms with Crippen LogP contribution < -0.4 is 11.1 Å². The summed E-state index contributed by atoms with van der Waals surface area (Å²) in [6, 6.07) is 8.83. The average Bonchev–Trinajstić information content (AvgIpc) is 2.79. The Balaban J connectivity index is 2.37. The molecule has 6 heteroatoms. The monoisotopic (exact) mass is 273 g/mol. The van der Waals surface area contributed by atoms with E-state index in [9.17, 15) is 9.59 Å². The van der Waals surface area contributed by atoms with Gasteiger partial charge < -0.3 is 20.8 Å². The zero-order valence-electron chi connectivity index (χ0n) is 11.2. The maximum absolute atomic E-state index is 11.5. The highest BCUT2D eigenvalue weighted by Gasteiger charge is 2.14. The van der Waals surface area contributed by atoms with Gasteiger partial charge in [0, 0.05) is 23.9 Å². The van der Waals surface area contributed by atoms with Gasteiger partial charge in [0.15, 0.2) is 0 Å². The average molecular weight is 273 g/mol. The number of amides is 1. The van der Waals surface area contributed by atoms with Gasteiger partial charge in [-0.05, 0) is 18.2 Å². The Bertz CT molecular complexity index is 661. The molecule has 0 aliphatic carbocycles. The summed E-state index contributed by atoms with van der Waals surface area (Å²) < 4.78 is 4.65. The largest absolute Gasteiger partial charge is 0.465 e. The van der Waals surface area contributed by atoms with E-state index in [0.29, 0.717) is 11.4 Å². The minimum Gasteiger partial charge on any atom is -0.465 e. The van der Waals surface area contributed by atoms with E-state index in [2.05, 4.69) is 15.0 Å². The number of benzene rings is 1. The number of esters is 1. The van der Waals surface area contributed by atoms with Crippen LogP contribution in [0.15, 0.2) is 30.3 Å². The third-order valence-corrected chi connectivity index (χ3v) is 2.75. The zero-order valence-corrected chi connectivity index (χ0v) is 11.2. The molecule has 0 saturated heterocycles. The normalized spacial score (nSPS) is 10.1. The van der Waals surface area contributed by atoms with Crippen molar-refractivity contribution in [2.45, 2.75) is 6.92 Å². The van der Waals surface area contributed by atoms with Crippen molar-refractivity contribution in [2.24, 2.45) is 0 Å². The number of rotatable bonds is 3. The van der Waals surface area contributed by atoms with Crippen LogP contribution in [0, 0.1) is 0 Å². The van der Waals surface area contributed by atoms with Crippen molar-refractivity contribution in [3.8, 4) is 11.3 Å². The number of nitrogens with one attached hydrogen (secondary N) is 2. The van der Waals surface area contributed by atoms with Crippen LogP contribution in [0.25, 0.3) is 11.3 Å². The number of ether oxygens (including phenoxy) is 1. The highest BCUT2D eigenvalue weighted by molar-refractivity contribution is 5.96. The highest BCUT2D eigenvalue weighted by Crippen LogP contribution is 2.26. The van der Waals surface area contributed by atoms with Gasteiger partial charge in [-0.3, -0.25) is 4.79 Å². The number of H-pyrrole nitrogens is 1. The van der Waals surface area contributed by atoms with E-state index in [1.807, 2.05) is 6.07 Å². The van der Waals surface area contributed by atoms with Gasteiger partial charge in [-0.25, -0.2) is 4.79 Å². The first-order chi connectivity index (χ1) is 9.51. The van der Waals surface area contributed by atoms with Crippen molar-refractivity contribution < 1.29 is 14.3 Å². The predicted molar refractivity (Wildman–Crippen MR) is 76.3 cm³/mol. The molecule has 1 amide bonds. The summed E-state index contributed by atoms with van der Waals surface area (Å²) in [6.07, 6.45) is 0. The number of aromatic nitrogens is 1. The number of aromatic amines is 1. The van der Waals surface area contributed by atoms with Gasteiger partial charge in [-0.2, -0.15) is 0 Å². The number of carbonyl (C=O) groups excluding carboxylic acids is 2. The third kappa shape index (κ3) is 2.80. The molecule has 2 aromatic rings. The molecule has 1 aromatic carbocycles. The number of carbonyl (C=O) groups is 2. The maximum atomic E-state index is 11.5. The molecule has 6 nitrogen and oxygen atoms in total. The van der Waals surface area contributed by atoms with E-state index in [-0.39, 0.29) is 17.3 Å². The number of hydrogen-bond donors (Lipinski definition) is 3. The number of hydrogen-bond acceptors (Lipinski definition) is 4. The summed E-state index contributed by atoms with van der Waals surface area (Å²) in [7, 11) is 1.30. The third-order valence-electron chi connectivity index (χ3n) is 2.75. The van der Waals surface area contributed by atoms with Crippen molar-refractivity contribution in [1.29, 1.82) is 0 Å². The number of nitrogens with two attached hydrogens (primary N) is 1. The lowest BCUT2D eigenvalue weighted by Crippen LogP contribution is -2.05. The smallest absolute Gasteiger partial charge is 0.341 e. The van der Waals surface area contributed by atoms with Crippen LogP contribution in [0.1, 0.15) is 17.3 Å². The summed E-state index contributed by atoms with van der Waals surface area (Å²) in [5.41, 5.74) is 8.18. The summed E-state index contributed by atoms with van der Waals surface area (Å²) >= 11 is 0. The maximum Gasteiger partial charge on any atom is 0.341 e. The predicted octanol–water partition coefficient (Wildman–Crippen LogP) is 2.01.